The van der Waals surface area contributed by atoms with Gasteiger partial charge in [0.25, 0.3) is 10.0 Å². The minimum absolute atomic E-state index is 0.168. The van der Waals surface area contributed by atoms with E-state index >= 15 is 0 Å². The Morgan fingerprint density at radius 1 is 1.03 bits per heavy atom. The molecule has 0 N–H and O–H groups in total. The van der Waals surface area contributed by atoms with Gasteiger partial charge in [-0.2, -0.15) is 0 Å². The van der Waals surface area contributed by atoms with Crippen molar-refractivity contribution in [1.29, 1.82) is 0 Å². The van der Waals surface area contributed by atoms with Crippen LogP contribution in [0, 0.1) is 6.92 Å². The minimum Gasteiger partial charge on any atom is -0.341 e. The first kappa shape index (κ1) is 21.4. The van der Waals surface area contributed by atoms with Crippen molar-refractivity contribution in [3.63, 3.8) is 0 Å². The molecule has 0 atom stereocenters. The molecule has 2 aromatic carbocycles. The predicted molar refractivity (Wildman–Crippen MR) is 117 cm³/mol. The van der Waals surface area contributed by atoms with Crippen molar-refractivity contribution in [3.05, 3.63) is 59.7 Å². The molecule has 0 saturated heterocycles. The van der Waals surface area contributed by atoms with Gasteiger partial charge < -0.3 is 4.90 Å². The highest BCUT2D eigenvalue weighted by Crippen LogP contribution is 2.29. The molecular weight excluding hydrogens is 384 g/mol. The molecule has 0 radical (unpaired) electrons. The van der Waals surface area contributed by atoms with Gasteiger partial charge in [-0.1, -0.05) is 55.7 Å². The van der Waals surface area contributed by atoms with Crippen molar-refractivity contribution >= 4 is 21.6 Å². The van der Waals surface area contributed by atoms with E-state index in [9.17, 15) is 13.2 Å². The van der Waals surface area contributed by atoms with Crippen molar-refractivity contribution < 1.29 is 13.2 Å². The van der Waals surface area contributed by atoms with Crippen LogP contribution in [0.25, 0.3) is 0 Å². The number of rotatable bonds is 7. The minimum atomic E-state index is -3.87. The second-order valence-electron chi connectivity index (χ2n) is 7.75. The highest BCUT2D eigenvalue weighted by atomic mass is 32.2. The summed E-state index contributed by atoms with van der Waals surface area (Å²) in [5, 5.41) is 0. The monoisotopic (exact) mass is 414 g/mol. The maximum Gasteiger partial charge on any atom is 0.264 e. The van der Waals surface area contributed by atoms with Gasteiger partial charge in [-0.05, 0) is 49.9 Å². The quantitative estimate of drug-likeness (QED) is 0.684. The van der Waals surface area contributed by atoms with Crippen molar-refractivity contribution in [3.8, 4) is 0 Å². The summed E-state index contributed by atoms with van der Waals surface area (Å²) in [7, 11) is -2.08. The van der Waals surface area contributed by atoms with Crippen LogP contribution >= 0.6 is 0 Å². The molecule has 0 unspecified atom stereocenters. The maximum absolute atomic E-state index is 13.5. The summed E-state index contributed by atoms with van der Waals surface area (Å²) in [6.07, 6.45) is 4.89. The van der Waals surface area contributed by atoms with Gasteiger partial charge in [0.15, 0.2) is 0 Å². The summed E-state index contributed by atoms with van der Waals surface area (Å²) in [6.45, 7) is 3.71. The highest BCUT2D eigenvalue weighted by Gasteiger charge is 2.31. The van der Waals surface area contributed by atoms with E-state index in [1.807, 2.05) is 32.0 Å². The molecule has 6 heteroatoms. The number of carbonyl (C=O) groups excluding carboxylic acids is 1. The zero-order chi connectivity index (χ0) is 21.0. The summed E-state index contributed by atoms with van der Waals surface area (Å²) in [6, 6.07) is 14.4. The Hall–Kier alpha value is -2.34. The van der Waals surface area contributed by atoms with Crippen LogP contribution in [0.4, 0.5) is 5.69 Å². The Morgan fingerprint density at radius 3 is 2.28 bits per heavy atom. The van der Waals surface area contributed by atoms with E-state index in [1.54, 1.807) is 42.3 Å². The molecular formula is C23H30N2O3S. The SMILES string of the molecule is CCc1ccccc1N(CC(=O)N(C)C1CCCC1)S(=O)(=O)c1ccc(C)cc1. The number of carbonyl (C=O) groups is 1. The average Bonchev–Trinajstić information content (AvgIpc) is 3.26. The van der Waals surface area contributed by atoms with E-state index in [-0.39, 0.29) is 23.4 Å². The van der Waals surface area contributed by atoms with Crippen molar-refractivity contribution in [2.75, 3.05) is 17.9 Å². The molecule has 1 fully saturated rings. The fourth-order valence-corrected chi connectivity index (χ4v) is 5.37. The van der Waals surface area contributed by atoms with Gasteiger partial charge in [0.05, 0.1) is 10.6 Å². The highest BCUT2D eigenvalue weighted by molar-refractivity contribution is 7.92. The van der Waals surface area contributed by atoms with Crippen LogP contribution in [0.3, 0.4) is 0 Å². The lowest BCUT2D eigenvalue weighted by Gasteiger charge is -2.30. The molecule has 1 aliphatic carbocycles. The average molecular weight is 415 g/mol. The fraction of sp³-hybridized carbons (Fsp3) is 0.435. The second-order valence-corrected chi connectivity index (χ2v) is 9.61. The molecule has 0 heterocycles. The molecule has 1 amide bonds. The Morgan fingerprint density at radius 2 is 1.66 bits per heavy atom. The van der Waals surface area contributed by atoms with Gasteiger partial charge in [0.2, 0.25) is 5.91 Å². The number of benzene rings is 2. The third-order valence-electron chi connectivity index (χ3n) is 5.79. The van der Waals surface area contributed by atoms with Crippen molar-refractivity contribution in [1.82, 2.24) is 4.90 Å². The van der Waals surface area contributed by atoms with E-state index in [1.165, 1.54) is 4.31 Å². The Kier molecular flexibility index (Phi) is 6.63. The lowest BCUT2D eigenvalue weighted by atomic mass is 10.1. The molecule has 0 bridgehead atoms. The van der Waals surface area contributed by atoms with Crippen LogP contribution in [0.15, 0.2) is 53.4 Å². The third-order valence-corrected chi connectivity index (χ3v) is 7.57. The van der Waals surface area contributed by atoms with Crippen LogP contribution < -0.4 is 4.31 Å². The van der Waals surface area contributed by atoms with E-state index < -0.39 is 10.0 Å². The number of anilines is 1. The Bertz CT molecular complexity index is 948. The smallest absolute Gasteiger partial charge is 0.264 e. The van der Waals surface area contributed by atoms with Crippen molar-refractivity contribution in [2.45, 2.75) is 56.9 Å². The summed E-state index contributed by atoms with van der Waals surface area (Å²) < 4.78 is 28.4. The van der Waals surface area contributed by atoms with Crippen LogP contribution in [-0.4, -0.2) is 38.9 Å². The maximum atomic E-state index is 13.5. The first-order valence-corrected chi connectivity index (χ1v) is 11.7. The third kappa shape index (κ3) is 4.64. The van der Waals surface area contributed by atoms with Gasteiger partial charge >= 0.3 is 0 Å². The predicted octanol–water partition coefficient (Wildman–Crippen LogP) is 4.15. The van der Waals surface area contributed by atoms with Gasteiger partial charge in [-0.15, -0.1) is 0 Å². The largest absolute Gasteiger partial charge is 0.341 e. The molecule has 0 spiro atoms. The van der Waals surface area contributed by atoms with Crippen LogP contribution in [0.5, 0.6) is 0 Å². The summed E-state index contributed by atoms with van der Waals surface area (Å²) in [4.78, 5) is 15.0. The Labute approximate surface area is 174 Å². The lowest BCUT2D eigenvalue weighted by Crippen LogP contribution is -2.45. The zero-order valence-corrected chi connectivity index (χ0v) is 18.3. The standard InChI is InChI=1S/C23H30N2O3S/c1-4-19-9-5-8-12-22(19)25(17-23(26)24(3)20-10-6-7-11-20)29(27,28)21-15-13-18(2)14-16-21/h5,8-9,12-16,20H,4,6-7,10-11,17H2,1-3H3. The number of aryl methyl sites for hydroxylation is 2. The number of para-hydroxylation sites is 1. The molecule has 0 aromatic heterocycles. The van der Waals surface area contributed by atoms with Crippen LogP contribution in [-0.2, 0) is 21.2 Å². The van der Waals surface area contributed by atoms with E-state index in [2.05, 4.69) is 0 Å². The molecule has 0 aliphatic heterocycles. The molecule has 1 saturated carbocycles. The molecule has 2 aromatic rings. The Balaban J connectivity index is 1.99. The van der Waals surface area contributed by atoms with Gasteiger partial charge in [-0.25, -0.2) is 8.42 Å². The van der Waals surface area contributed by atoms with Crippen LogP contribution in [0.1, 0.15) is 43.7 Å². The second kappa shape index (κ2) is 8.99. The zero-order valence-electron chi connectivity index (χ0n) is 17.5. The molecule has 3 rings (SSSR count). The van der Waals surface area contributed by atoms with Crippen LogP contribution in [0.2, 0.25) is 0 Å². The topological polar surface area (TPSA) is 57.7 Å². The molecule has 1 aliphatic rings. The van der Waals surface area contributed by atoms with E-state index in [0.29, 0.717) is 12.1 Å². The summed E-state index contributed by atoms with van der Waals surface area (Å²) in [5.41, 5.74) is 2.46. The number of hydrogen-bond donors (Lipinski definition) is 0. The van der Waals surface area contributed by atoms with E-state index in [4.69, 9.17) is 0 Å². The van der Waals surface area contributed by atoms with E-state index in [0.717, 1.165) is 36.8 Å². The van der Waals surface area contributed by atoms with Gasteiger partial charge in [-0.3, -0.25) is 9.10 Å². The summed E-state index contributed by atoms with van der Waals surface area (Å²) >= 11 is 0. The summed E-state index contributed by atoms with van der Waals surface area (Å²) in [5.74, 6) is -0.168. The van der Waals surface area contributed by atoms with Gasteiger partial charge in [0.1, 0.15) is 6.54 Å². The number of sulfonamides is 1. The number of amides is 1. The van der Waals surface area contributed by atoms with Gasteiger partial charge in [0, 0.05) is 13.1 Å². The first-order valence-electron chi connectivity index (χ1n) is 10.3. The number of nitrogens with zero attached hydrogens (tertiary/aromatic N) is 2. The number of hydrogen-bond acceptors (Lipinski definition) is 3. The normalized spacial score (nSPS) is 14.7. The lowest BCUT2D eigenvalue weighted by molar-refractivity contribution is -0.130. The molecule has 156 valence electrons. The van der Waals surface area contributed by atoms with Crippen molar-refractivity contribution in [2.24, 2.45) is 0 Å². The first-order chi connectivity index (χ1) is 13.8. The molecule has 5 nitrogen and oxygen atoms in total. The molecule has 29 heavy (non-hydrogen) atoms. The fourth-order valence-electron chi connectivity index (χ4n) is 3.92. The number of likely N-dealkylation sites (N-methyl/N-ethyl adjacent to an activating group) is 1.